The first-order valence-electron chi connectivity index (χ1n) is 4.04. The van der Waals surface area contributed by atoms with Crippen molar-refractivity contribution in [3.8, 4) is 0 Å². The van der Waals surface area contributed by atoms with Crippen LogP contribution in [0.4, 0.5) is 0 Å². The van der Waals surface area contributed by atoms with Crippen LogP contribution in [0.3, 0.4) is 0 Å². The van der Waals surface area contributed by atoms with Crippen molar-refractivity contribution in [3.05, 3.63) is 18.2 Å². The van der Waals surface area contributed by atoms with Gasteiger partial charge < -0.3 is 0 Å². The van der Waals surface area contributed by atoms with Crippen LogP contribution < -0.4 is 0 Å². The van der Waals surface area contributed by atoms with Gasteiger partial charge in [0.05, 0.1) is 5.39 Å². The Morgan fingerprint density at radius 3 is 3.25 bits per heavy atom. The number of aromatic amines is 1. The summed E-state index contributed by atoms with van der Waals surface area (Å²) in [4.78, 5) is 7.99. The number of aromatic nitrogens is 4. The largest absolute Gasteiger partial charge is 0.280 e. The van der Waals surface area contributed by atoms with Crippen LogP contribution >= 0.6 is 0 Å². The third-order valence-corrected chi connectivity index (χ3v) is 1.81. The maximum absolute atomic E-state index is 4.06. The van der Waals surface area contributed by atoms with Gasteiger partial charge in [0.1, 0.15) is 6.33 Å². The molecule has 0 bridgehead atoms. The van der Waals surface area contributed by atoms with Gasteiger partial charge >= 0.3 is 0 Å². The second-order valence-electron chi connectivity index (χ2n) is 2.71. The number of H-pyrrole nitrogens is 1. The molecule has 2 aromatic heterocycles. The van der Waals surface area contributed by atoms with E-state index in [4.69, 9.17) is 0 Å². The molecule has 0 atom stereocenters. The van der Waals surface area contributed by atoms with Crippen molar-refractivity contribution < 1.29 is 0 Å². The van der Waals surface area contributed by atoms with Crippen molar-refractivity contribution in [2.45, 2.75) is 19.8 Å². The minimum atomic E-state index is 0.758. The molecule has 1 N–H and O–H groups in total. The quantitative estimate of drug-likeness (QED) is 0.724. The Morgan fingerprint density at radius 1 is 1.50 bits per heavy atom. The van der Waals surface area contributed by atoms with Gasteiger partial charge in [0.25, 0.3) is 0 Å². The van der Waals surface area contributed by atoms with Gasteiger partial charge in [-0.05, 0) is 6.42 Å². The summed E-state index contributed by atoms with van der Waals surface area (Å²) in [5, 5.41) is 8.06. The minimum absolute atomic E-state index is 0.758. The Hall–Kier alpha value is -1.45. The van der Waals surface area contributed by atoms with Crippen LogP contribution in [0, 0.1) is 0 Å². The summed E-state index contributed by atoms with van der Waals surface area (Å²) in [6.07, 6.45) is 5.42. The van der Waals surface area contributed by atoms with Crippen molar-refractivity contribution in [1.29, 1.82) is 0 Å². The Balaban J connectivity index is 2.55. The first-order valence-corrected chi connectivity index (χ1v) is 4.04. The van der Waals surface area contributed by atoms with Crippen molar-refractivity contribution in [2.24, 2.45) is 0 Å². The van der Waals surface area contributed by atoms with Gasteiger partial charge in [0.15, 0.2) is 5.65 Å². The van der Waals surface area contributed by atoms with E-state index in [-0.39, 0.29) is 0 Å². The van der Waals surface area contributed by atoms with E-state index >= 15 is 0 Å². The number of hydrogen-bond donors (Lipinski definition) is 1. The van der Waals surface area contributed by atoms with E-state index in [9.17, 15) is 0 Å². The summed E-state index contributed by atoms with van der Waals surface area (Å²) < 4.78 is 0. The average Bonchev–Trinajstić information content (AvgIpc) is 2.50. The standard InChI is InChI=1S/C8H10N4/c1-2-3-7-6-4-9-5-10-8(6)12-11-7/h4-5H,2-3H2,1H3,(H,9,10,11,12). The molecule has 0 radical (unpaired) electrons. The van der Waals surface area contributed by atoms with Gasteiger partial charge in [-0.3, -0.25) is 5.10 Å². The van der Waals surface area contributed by atoms with Crippen LogP contribution in [0.2, 0.25) is 0 Å². The molecule has 4 heteroatoms. The summed E-state index contributed by atoms with van der Waals surface area (Å²) in [5.41, 5.74) is 1.89. The zero-order valence-electron chi connectivity index (χ0n) is 6.91. The van der Waals surface area contributed by atoms with Gasteiger partial charge in [-0.25, -0.2) is 9.97 Å². The molecule has 0 fully saturated rings. The molecule has 2 rings (SSSR count). The zero-order chi connectivity index (χ0) is 8.39. The SMILES string of the molecule is CCCc1[nH]nc2ncncc12. The molecular weight excluding hydrogens is 152 g/mol. The normalized spacial score (nSPS) is 10.8. The van der Waals surface area contributed by atoms with Gasteiger partial charge in [-0.2, -0.15) is 5.10 Å². The maximum Gasteiger partial charge on any atom is 0.184 e. The first-order chi connectivity index (χ1) is 5.92. The molecule has 0 aliphatic rings. The Bertz CT molecular complexity index is 379. The lowest BCUT2D eigenvalue weighted by molar-refractivity contribution is 0.873. The molecule has 12 heavy (non-hydrogen) atoms. The Labute approximate surface area is 70.0 Å². The van der Waals surface area contributed by atoms with E-state index < -0.39 is 0 Å². The lowest BCUT2D eigenvalue weighted by atomic mass is 10.2. The van der Waals surface area contributed by atoms with Gasteiger partial charge in [-0.15, -0.1) is 0 Å². The van der Waals surface area contributed by atoms with Gasteiger partial charge in [0.2, 0.25) is 0 Å². The Morgan fingerprint density at radius 2 is 2.42 bits per heavy atom. The third kappa shape index (κ3) is 1.05. The smallest absolute Gasteiger partial charge is 0.184 e. The van der Waals surface area contributed by atoms with E-state index in [1.807, 2.05) is 0 Å². The maximum atomic E-state index is 4.06. The van der Waals surface area contributed by atoms with Crippen LogP contribution in [0.5, 0.6) is 0 Å². The highest BCUT2D eigenvalue weighted by molar-refractivity contribution is 5.76. The van der Waals surface area contributed by atoms with E-state index in [1.165, 1.54) is 6.33 Å². The summed E-state index contributed by atoms with van der Waals surface area (Å²) in [7, 11) is 0. The van der Waals surface area contributed by atoms with Crippen molar-refractivity contribution >= 4 is 11.0 Å². The fourth-order valence-corrected chi connectivity index (χ4v) is 1.25. The lowest BCUT2D eigenvalue weighted by Gasteiger charge is -1.91. The van der Waals surface area contributed by atoms with E-state index in [0.29, 0.717) is 0 Å². The highest BCUT2D eigenvalue weighted by Gasteiger charge is 2.03. The van der Waals surface area contributed by atoms with E-state index in [2.05, 4.69) is 27.1 Å². The minimum Gasteiger partial charge on any atom is -0.280 e. The van der Waals surface area contributed by atoms with Crippen LogP contribution in [0.25, 0.3) is 11.0 Å². The number of nitrogens with one attached hydrogen (secondary N) is 1. The zero-order valence-corrected chi connectivity index (χ0v) is 6.91. The molecular formula is C8H10N4. The summed E-state index contributed by atoms with van der Waals surface area (Å²) in [6, 6.07) is 0. The summed E-state index contributed by atoms with van der Waals surface area (Å²) in [5.74, 6) is 0. The summed E-state index contributed by atoms with van der Waals surface area (Å²) >= 11 is 0. The number of hydrogen-bond acceptors (Lipinski definition) is 3. The molecule has 0 aliphatic carbocycles. The molecule has 0 amide bonds. The molecule has 4 nitrogen and oxygen atoms in total. The predicted molar refractivity (Wildman–Crippen MR) is 45.7 cm³/mol. The Kier molecular flexibility index (Phi) is 1.74. The van der Waals surface area contributed by atoms with E-state index in [1.54, 1.807) is 6.20 Å². The van der Waals surface area contributed by atoms with Gasteiger partial charge in [0, 0.05) is 11.9 Å². The van der Waals surface area contributed by atoms with Crippen LogP contribution in [0.1, 0.15) is 19.0 Å². The highest BCUT2D eigenvalue weighted by atomic mass is 15.2. The fraction of sp³-hybridized carbons (Fsp3) is 0.375. The number of fused-ring (bicyclic) bond motifs is 1. The fourth-order valence-electron chi connectivity index (χ4n) is 1.25. The molecule has 2 aromatic rings. The molecule has 0 aliphatic heterocycles. The average molecular weight is 162 g/mol. The van der Waals surface area contributed by atoms with Gasteiger partial charge in [-0.1, -0.05) is 13.3 Å². The monoisotopic (exact) mass is 162 g/mol. The van der Waals surface area contributed by atoms with E-state index in [0.717, 1.165) is 29.6 Å². The molecule has 0 spiro atoms. The molecule has 2 heterocycles. The van der Waals surface area contributed by atoms with Crippen molar-refractivity contribution in [2.75, 3.05) is 0 Å². The second-order valence-corrected chi connectivity index (χ2v) is 2.71. The molecule has 0 aromatic carbocycles. The molecule has 62 valence electrons. The van der Waals surface area contributed by atoms with Crippen molar-refractivity contribution in [1.82, 2.24) is 20.2 Å². The topological polar surface area (TPSA) is 54.5 Å². The number of aryl methyl sites for hydroxylation is 1. The lowest BCUT2D eigenvalue weighted by Crippen LogP contribution is -1.83. The molecule has 0 saturated carbocycles. The predicted octanol–water partition coefficient (Wildman–Crippen LogP) is 1.31. The summed E-state index contributed by atoms with van der Waals surface area (Å²) in [6.45, 7) is 2.14. The number of rotatable bonds is 2. The third-order valence-electron chi connectivity index (χ3n) is 1.81. The number of nitrogens with zero attached hydrogens (tertiary/aromatic N) is 3. The van der Waals surface area contributed by atoms with Crippen LogP contribution in [-0.4, -0.2) is 20.2 Å². The highest BCUT2D eigenvalue weighted by Crippen LogP contribution is 2.12. The van der Waals surface area contributed by atoms with Crippen LogP contribution in [-0.2, 0) is 6.42 Å². The molecule has 0 saturated heterocycles. The van der Waals surface area contributed by atoms with Crippen LogP contribution in [0.15, 0.2) is 12.5 Å². The molecule has 0 unspecified atom stereocenters. The van der Waals surface area contributed by atoms with Crippen molar-refractivity contribution in [3.63, 3.8) is 0 Å². The first kappa shape index (κ1) is 7.21. The second kappa shape index (κ2) is 2.89.